The second kappa shape index (κ2) is 5.19. The second-order valence-electron chi connectivity index (χ2n) is 5.16. The van der Waals surface area contributed by atoms with Crippen LogP contribution < -0.4 is 5.32 Å². The maximum absolute atomic E-state index is 12.5. The lowest BCUT2D eigenvalue weighted by Crippen LogP contribution is -2.58. The van der Waals surface area contributed by atoms with E-state index >= 15 is 0 Å². The molecule has 5 heteroatoms. The van der Waals surface area contributed by atoms with Gasteiger partial charge in [-0.3, -0.25) is 4.79 Å². The largest absolute Gasteiger partial charge is 0.336 e. The minimum atomic E-state index is -0.0427. The molecule has 18 heavy (non-hydrogen) atoms. The van der Waals surface area contributed by atoms with Crippen molar-refractivity contribution >= 4 is 33.4 Å². The molecule has 1 heterocycles. The number of amides is 1. The summed E-state index contributed by atoms with van der Waals surface area (Å²) in [7, 11) is 0. The van der Waals surface area contributed by atoms with E-state index in [2.05, 4.69) is 35.1 Å². The van der Waals surface area contributed by atoms with Crippen LogP contribution in [0.15, 0.2) is 22.7 Å². The van der Waals surface area contributed by atoms with Crippen molar-refractivity contribution in [2.45, 2.75) is 19.4 Å². The molecule has 1 saturated heterocycles. The molecule has 0 aliphatic carbocycles. The molecular weight excluding hydrogens is 316 g/mol. The Morgan fingerprint density at radius 2 is 2.22 bits per heavy atom. The van der Waals surface area contributed by atoms with E-state index in [9.17, 15) is 4.79 Å². The second-order valence-corrected chi connectivity index (χ2v) is 6.45. The van der Waals surface area contributed by atoms with Crippen LogP contribution in [-0.2, 0) is 0 Å². The molecule has 1 aliphatic rings. The Morgan fingerprint density at radius 1 is 1.50 bits per heavy atom. The third kappa shape index (κ3) is 3.05. The zero-order valence-electron chi connectivity index (χ0n) is 10.5. The van der Waals surface area contributed by atoms with Gasteiger partial charge in [0, 0.05) is 34.7 Å². The molecule has 0 radical (unpaired) electrons. The smallest absolute Gasteiger partial charge is 0.255 e. The number of piperazine rings is 1. The summed E-state index contributed by atoms with van der Waals surface area (Å²) in [5, 5.41) is 3.97. The molecule has 0 saturated carbocycles. The summed E-state index contributed by atoms with van der Waals surface area (Å²) < 4.78 is 0.785. The molecule has 1 aromatic rings. The number of nitrogens with one attached hydrogen (secondary N) is 1. The Labute approximate surface area is 121 Å². The third-order valence-corrected chi connectivity index (χ3v) is 3.94. The fraction of sp³-hybridized carbons (Fsp3) is 0.462. The van der Waals surface area contributed by atoms with Crippen LogP contribution in [0.3, 0.4) is 0 Å². The lowest BCUT2D eigenvalue weighted by molar-refractivity contribution is 0.0651. The van der Waals surface area contributed by atoms with Crippen molar-refractivity contribution in [2.24, 2.45) is 0 Å². The van der Waals surface area contributed by atoms with Crippen LogP contribution in [0.4, 0.5) is 0 Å². The number of hydrogen-bond donors (Lipinski definition) is 1. The van der Waals surface area contributed by atoms with E-state index in [1.165, 1.54) is 0 Å². The first-order valence-electron chi connectivity index (χ1n) is 5.88. The number of rotatable bonds is 1. The minimum absolute atomic E-state index is 0.0268. The van der Waals surface area contributed by atoms with E-state index < -0.39 is 0 Å². The van der Waals surface area contributed by atoms with E-state index in [0.717, 1.165) is 17.6 Å². The maximum atomic E-state index is 12.5. The summed E-state index contributed by atoms with van der Waals surface area (Å²) in [5.41, 5.74) is 0.582. The first kappa shape index (κ1) is 13.8. The van der Waals surface area contributed by atoms with Crippen LogP contribution in [0.5, 0.6) is 0 Å². The van der Waals surface area contributed by atoms with Crippen molar-refractivity contribution in [2.75, 3.05) is 19.6 Å². The SMILES string of the molecule is CC1(C)CN(C(=O)c2cc(Cl)ccc2Br)CCN1. The molecule has 2 rings (SSSR count). The third-order valence-electron chi connectivity index (χ3n) is 3.02. The average Bonchev–Trinajstić information content (AvgIpc) is 2.30. The first-order valence-corrected chi connectivity index (χ1v) is 7.05. The summed E-state index contributed by atoms with van der Waals surface area (Å²) in [6.45, 7) is 6.43. The van der Waals surface area contributed by atoms with Gasteiger partial charge in [-0.15, -0.1) is 0 Å². The Hall–Kier alpha value is -0.580. The van der Waals surface area contributed by atoms with Gasteiger partial charge in [-0.25, -0.2) is 0 Å². The van der Waals surface area contributed by atoms with Gasteiger partial charge in [-0.1, -0.05) is 11.6 Å². The summed E-state index contributed by atoms with van der Waals surface area (Å²) in [4.78, 5) is 14.3. The topological polar surface area (TPSA) is 32.3 Å². The van der Waals surface area contributed by atoms with Crippen LogP contribution in [0.2, 0.25) is 5.02 Å². The lowest BCUT2D eigenvalue weighted by Gasteiger charge is -2.39. The van der Waals surface area contributed by atoms with Crippen LogP contribution in [0.1, 0.15) is 24.2 Å². The monoisotopic (exact) mass is 330 g/mol. The molecule has 1 fully saturated rings. The van der Waals surface area contributed by atoms with E-state index in [0.29, 0.717) is 17.1 Å². The first-order chi connectivity index (χ1) is 8.39. The average molecular weight is 332 g/mol. The highest BCUT2D eigenvalue weighted by Crippen LogP contribution is 2.23. The molecule has 1 amide bonds. The lowest BCUT2D eigenvalue weighted by atomic mass is 10.0. The van der Waals surface area contributed by atoms with Crippen LogP contribution >= 0.6 is 27.5 Å². The fourth-order valence-corrected chi connectivity index (χ4v) is 2.73. The van der Waals surface area contributed by atoms with Crippen LogP contribution in [0.25, 0.3) is 0 Å². The van der Waals surface area contributed by atoms with Gasteiger partial charge in [-0.2, -0.15) is 0 Å². The summed E-state index contributed by atoms with van der Waals surface area (Å²) >= 11 is 9.36. The van der Waals surface area contributed by atoms with Gasteiger partial charge in [-0.05, 0) is 48.0 Å². The number of benzene rings is 1. The van der Waals surface area contributed by atoms with E-state index in [1.807, 2.05) is 11.0 Å². The molecule has 0 atom stereocenters. The van der Waals surface area contributed by atoms with Gasteiger partial charge < -0.3 is 10.2 Å². The minimum Gasteiger partial charge on any atom is -0.336 e. The number of halogens is 2. The van der Waals surface area contributed by atoms with Crippen molar-refractivity contribution in [3.05, 3.63) is 33.3 Å². The van der Waals surface area contributed by atoms with Crippen molar-refractivity contribution in [1.82, 2.24) is 10.2 Å². The number of nitrogens with zero attached hydrogens (tertiary/aromatic N) is 1. The van der Waals surface area contributed by atoms with Gasteiger partial charge in [0.1, 0.15) is 0 Å². The van der Waals surface area contributed by atoms with Crippen LogP contribution in [-0.4, -0.2) is 36.0 Å². The van der Waals surface area contributed by atoms with Gasteiger partial charge in [0.2, 0.25) is 0 Å². The zero-order valence-corrected chi connectivity index (χ0v) is 12.8. The predicted molar refractivity (Wildman–Crippen MR) is 77.1 cm³/mol. The maximum Gasteiger partial charge on any atom is 0.255 e. The highest BCUT2D eigenvalue weighted by atomic mass is 79.9. The Morgan fingerprint density at radius 3 is 2.89 bits per heavy atom. The standard InChI is InChI=1S/C13H16BrClN2O/c1-13(2)8-17(6-5-16-13)12(18)10-7-9(15)3-4-11(10)14/h3-4,7,16H,5-6,8H2,1-2H3. The van der Waals surface area contributed by atoms with E-state index in [1.54, 1.807) is 12.1 Å². The Bertz CT molecular complexity index is 476. The summed E-state index contributed by atoms with van der Waals surface area (Å²) in [5.74, 6) is 0.0268. The predicted octanol–water partition coefficient (Wildman–Crippen LogP) is 2.93. The molecule has 0 bridgehead atoms. The number of carbonyl (C=O) groups is 1. The molecule has 1 N–H and O–H groups in total. The van der Waals surface area contributed by atoms with E-state index in [-0.39, 0.29) is 11.4 Å². The normalized spacial score (nSPS) is 18.8. The van der Waals surface area contributed by atoms with Gasteiger partial charge >= 0.3 is 0 Å². The number of hydrogen-bond acceptors (Lipinski definition) is 2. The highest BCUT2D eigenvalue weighted by Gasteiger charge is 2.29. The number of carbonyl (C=O) groups excluding carboxylic acids is 1. The highest BCUT2D eigenvalue weighted by molar-refractivity contribution is 9.10. The van der Waals surface area contributed by atoms with Crippen molar-refractivity contribution < 1.29 is 4.79 Å². The van der Waals surface area contributed by atoms with Crippen molar-refractivity contribution in [1.29, 1.82) is 0 Å². The molecule has 0 spiro atoms. The quantitative estimate of drug-likeness (QED) is 0.858. The van der Waals surface area contributed by atoms with E-state index in [4.69, 9.17) is 11.6 Å². The molecule has 0 unspecified atom stereocenters. The molecular formula is C13H16BrClN2O. The van der Waals surface area contributed by atoms with Crippen molar-refractivity contribution in [3.63, 3.8) is 0 Å². The Balaban J connectivity index is 2.23. The van der Waals surface area contributed by atoms with Gasteiger partial charge in [0.25, 0.3) is 5.91 Å². The molecule has 1 aliphatic heterocycles. The molecule has 0 aromatic heterocycles. The van der Waals surface area contributed by atoms with Crippen molar-refractivity contribution in [3.8, 4) is 0 Å². The summed E-state index contributed by atoms with van der Waals surface area (Å²) in [6.07, 6.45) is 0. The van der Waals surface area contributed by atoms with Crippen LogP contribution in [0, 0.1) is 0 Å². The Kier molecular flexibility index (Phi) is 3.99. The molecule has 98 valence electrons. The van der Waals surface area contributed by atoms with Gasteiger partial charge in [0.15, 0.2) is 0 Å². The zero-order chi connectivity index (χ0) is 13.3. The van der Waals surface area contributed by atoms with Gasteiger partial charge in [0.05, 0.1) is 5.56 Å². The fourth-order valence-electron chi connectivity index (χ4n) is 2.15. The molecule has 1 aromatic carbocycles. The summed E-state index contributed by atoms with van der Waals surface area (Å²) in [6, 6.07) is 5.29. The molecule has 3 nitrogen and oxygen atoms in total.